The van der Waals surface area contributed by atoms with Crippen LogP contribution in [0.4, 0.5) is 0 Å². The molecule has 3 rings (SSSR count). The number of nitrogens with zero attached hydrogens (tertiary/aromatic N) is 3. The third-order valence-corrected chi connectivity index (χ3v) is 4.46. The van der Waals surface area contributed by atoms with Crippen LogP contribution in [-0.2, 0) is 29.6 Å². The van der Waals surface area contributed by atoms with Gasteiger partial charge < -0.3 is 9.88 Å². The number of aromatic nitrogens is 3. The van der Waals surface area contributed by atoms with Crippen molar-refractivity contribution in [2.24, 2.45) is 0 Å². The van der Waals surface area contributed by atoms with E-state index in [4.69, 9.17) is 4.98 Å². The summed E-state index contributed by atoms with van der Waals surface area (Å²) in [7, 11) is 0. The molecule has 128 valence electrons. The molecule has 0 saturated carbocycles. The summed E-state index contributed by atoms with van der Waals surface area (Å²) in [4.78, 5) is 21.3. The molecule has 0 spiro atoms. The van der Waals surface area contributed by atoms with Crippen molar-refractivity contribution in [2.75, 3.05) is 0 Å². The topological polar surface area (TPSA) is 59.8 Å². The Balaban J connectivity index is 1.60. The molecule has 0 aliphatic carbocycles. The zero-order valence-corrected chi connectivity index (χ0v) is 15.0. The summed E-state index contributed by atoms with van der Waals surface area (Å²) in [6, 6.07) is 4.08. The van der Waals surface area contributed by atoms with E-state index in [1.807, 2.05) is 19.1 Å². The maximum atomic E-state index is 12.3. The predicted octanol–water partition coefficient (Wildman–Crippen LogP) is 2.56. The van der Waals surface area contributed by atoms with Crippen molar-refractivity contribution >= 4 is 5.91 Å². The van der Waals surface area contributed by atoms with Gasteiger partial charge in [-0.1, -0.05) is 26.8 Å². The van der Waals surface area contributed by atoms with Crippen LogP contribution in [0.3, 0.4) is 0 Å². The summed E-state index contributed by atoms with van der Waals surface area (Å²) in [6.45, 7) is 9.28. The number of carbonyl (C=O) groups excluding carboxylic acids is 1. The van der Waals surface area contributed by atoms with E-state index in [2.05, 4.69) is 41.8 Å². The summed E-state index contributed by atoms with van der Waals surface area (Å²) in [5.74, 6) is 1.19. The highest BCUT2D eigenvalue weighted by Crippen LogP contribution is 2.24. The molecule has 1 aliphatic rings. The molecule has 0 fully saturated rings. The van der Waals surface area contributed by atoms with Crippen LogP contribution in [0, 0.1) is 6.92 Å². The molecule has 1 N–H and O–H groups in total. The molecular weight excluding hydrogens is 300 g/mol. The molecule has 2 aromatic rings. The van der Waals surface area contributed by atoms with Crippen molar-refractivity contribution < 1.29 is 4.79 Å². The average Bonchev–Trinajstić information content (AvgIpc) is 2.93. The Morgan fingerprint density at radius 3 is 2.83 bits per heavy atom. The van der Waals surface area contributed by atoms with Gasteiger partial charge >= 0.3 is 0 Å². The van der Waals surface area contributed by atoms with E-state index >= 15 is 0 Å². The molecule has 0 aromatic carbocycles. The number of nitrogens with one attached hydrogen (secondary N) is 1. The fourth-order valence-corrected chi connectivity index (χ4v) is 2.99. The van der Waals surface area contributed by atoms with Gasteiger partial charge in [-0.25, -0.2) is 4.98 Å². The standard InChI is InChI=1S/C19H26N4O/c1-13-5-6-14(10-20-13)9-18(24)21-15-7-8-17-22-16(19(2,3)4)12-23(17)11-15/h5-6,10,12,15H,7-9,11H2,1-4H3,(H,21,24)/t15-/m0/s1. The minimum Gasteiger partial charge on any atom is -0.351 e. The molecule has 3 heterocycles. The van der Waals surface area contributed by atoms with Crippen molar-refractivity contribution in [3.8, 4) is 0 Å². The fraction of sp³-hybridized carbons (Fsp3) is 0.526. The smallest absolute Gasteiger partial charge is 0.224 e. The van der Waals surface area contributed by atoms with Crippen LogP contribution in [0.25, 0.3) is 0 Å². The third-order valence-electron chi connectivity index (χ3n) is 4.46. The van der Waals surface area contributed by atoms with Crippen LogP contribution >= 0.6 is 0 Å². The lowest BCUT2D eigenvalue weighted by molar-refractivity contribution is -0.121. The summed E-state index contributed by atoms with van der Waals surface area (Å²) in [5.41, 5.74) is 3.10. The number of carbonyl (C=O) groups is 1. The second-order valence-corrected chi connectivity index (χ2v) is 7.73. The number of amides is 1. The number of hydrogen-bond donors (Lipinski definition) is 1. The molecule has 0 saturated heterocycles. The molecule has 2 aromatic heterocycles. The summed E-state index contributed by atoms with van der Waals surface area (Å²) < 4.78 is 2.20. The summed E-state index contributed by atoms with van der Waals surface area (Å²) >= 11 is 0. The number of rotatable bonds is 3. The SMILES string of the molecule is Cc1ccc(CC(=O)N[C@H]2CCc3nc(C(C)(C)C)cn3C2)cn1. The maximum absolute atomic E-state index is 12.3. The van der Waals surface area contributed by atoms with Crippen molar-refractivity contribution in [3.63, 3.8) is 0 Å². The Hall–Kier alpha value is -2.17. The van der Waals surface area contributed by atoms with E-state index in [1.165, 1.54) is 0 Å². The number of fused-ring (bicyclic) bond motifs is 1. The number of hydrogen-bond acceptors (Lipinski definition) is 3. The first kappa shape index (κ1) is 16.7. The first-order chi connectivity index (χ1) is 11.3. The second-order valence-electron chi connectivity index (χ2n) is 7.73. The van der Waals surface area contributed by atoms with Gasteiger partial charge in [0, 0.05) is 42.5 Å². The largest absolute Gasteiger partial charge is 0.351 e. The lowest BCUT2D eigenvalue weighted by atomic mass is 9.93. The summed E-state index contributed by atoms with van der Waals surface area (Å²) in [6.07, 6.45) is 6.15. The van der Waals surface area contributed by atoms with E-state index < -0.39 is 0 Å². The molecule has 1 aliphatic heterocycles. The minimum absolute atomic E-state index is 0.0571. The van der Waals surface area contributed by atoms with Gasteiger partial charge in [-0.05, 0) is 25.0 Å². The molecule has 0 bridgehead atoms. The van der Waals surface area contributed by atoms with Crippen LogP contribution in [-0.4, -0.2) is 26.5 Å². The van der Waals surface area contributed by atoms with Gasteiger partial charge in [0.2, 0.25) is 5.91 Å². The van der Waals surface area contributed by atoms with Crippen LogP contribution < -0.4 is 5.32 Å². The highest BCUT2D eigenvalue weighted by molar-refractivity contribution is 5.78. The monoisotopic (exact) mass is 326 g/mol. The lowest BCUT2D eigenvalue weighted by Gasteiger charge is -2.24. The van der Waals surface area contributed by atoms with Crippen molar-refractivity contribution in [2.45, 2.75) is 65.0 Å². The minimum atomic E-state index is 0.0571. The molecule has 1 atom stereocenters. The van der Waals surface area contributed by atoms with Gasteiger partial charge in [0.25, 0.3) is 0 Å². The number of aryl methyl sites for hydroxylation is 2. The highest BCUT2D eigenvalue weighted by atomic mass is 16.1. The Bertz CT molecular complexity index is 725. The molecule has 1 amide bonds. The molecule has 5 nitrogen and oxygen atoms in total. The van der Waals surface area contributed by atoms with Crippen LogP contribution in [0.1, 0.15) is 50.0 Å². The zero-order chi connectivity index (χ0) is 17.3. The lowest BCUT2D eigenvalue weighted by Crippen LogP contribution is -2.41. The molecule has 5 heteroatoms. The van der Waals surface area contributed by atoms with Crippen molar-refractivity contribution in [1.29, 1.82) is 0 Å². The Morgan fingerprint density at radius 1 is 1.38 bits per heavy atom. The van der Waals surface area contributed by atoms with Crippen molar-refractivity contribution in [1.82, 2.24) is 19.9 Å². The summed E-state index contributed by atoms with van der Waals surface area (Å²) in [5, 5.41) is 3.16. The fourth-order valence-electron chi connectivity index (χ4n) is 2.99. The maximum Gasteiger partial charge on any atom is 0.224 e. The van der Waals surface area contributed by atoms with Crippen LogP contribution in [0.5, 0.6) is 0 Å². The number of pyridine rings is 1. The normalized spacial score (nSPS) is 17.4. The van der Waals surface area contributed by atoms with Crippen molar-refractivity contribution in [3.05, 3.63) is 47.3 Å². The van der Waals surface area contributed by atoms with Gasteiger partial charge in [0.1, 0.15) is 5.82 Å². The van der Waals surface area contributed by atoms with E-state index in [0.29, 0.717) is 6.42 Å². The Morgan fingerprint density at radius 2 is 2.17 bits per heavy atom. The van der Waals surface area contributed by atoms with Gasteiger partial charge in [0.05, 0.1) is 12.1 Å². The van der Waals surface area contributed by atoms with Crippen LogP contribution in [0.15, 0.2) is 24.5 Å². The Kier molecular flexibility index (Phi) is 4.43. The number of imidazole rings is 1. The Labute approximate surface area is 143 Å². The predicted molar refractivity (Wildman–Crippen MR) is 93.9 cm³/mol. The first-order valence-corrected chi connectivity index (χ1v) is 8.59. The van der Waals surface area contributed by atoms with E-state index in [0.717, 1.165) is 42.2 Å². The molecule has 0 unspecified atom stereocenters. The quantitative estimate of drug-likeness (QED) is 0.943. The highest BCUT2D eigenvalue weighted by Gasteiger charge is 2.25. The molecular formula is C19H26N4O. The van der Waals surface area contributed by atoms with E-state index in [1.54, 1.807) is 6.20 Å². The van der Waals surface area contributed by atoms with E-state index in [9.17, 15) is 4.79 Å². The second kappa shape index (κ2) is 6.38. The van der Waals surface area contributed by atoms with Gasteiger partial charge in [-0.2, -0.15) is 0 Å². The molecule has 0 radical (unpaired) electrons. The zero-order valence-electron chi connectivity index (χ0n) is 15.0. The van der Waals surface area contributed by atoms with E-state index in [-0.39, 0.29) is 17.4 Å². The molecule has 24 heavy (non-hydrogen) atoms. The van der Waals surface area contributed by atoms with Gasteiger partial charge in [-0.3, -0.25) is 9.78 Å². The van der Waals surface area contributed by atoms with Gasteiger partial charge in [0.15, 0.2) is 0 Å². The average molecular weight is 326 g/mol. The van der Waals surface area contributed by atoms with Gasteiger partial charge in [-0.15, -0.1) is 0 Å². The van der Waals surface area contributed by atoms with Crippen LogP contribution in [0.2, 0.25) is 0 Å². The first-order valence-electron chi connectivity index (χ1n) is 8.59. The third kappa shape index (κ3) is 3.83.